The fourth-order valence-corrected chi connectivity index (χ4v) is 3.28. The Morgan fingerprint density at radius 1 is 1.00 bits per heavy atom. The molecule has 1 heterocycles. The van der Waals surface area contributed by atoms with Crippen molar-refractivity contribution in [2.24, 2.45) is 5.18 Å². The first-order valence-electron chi connectivity index (χ1n) is 9.36. The Morgan fingerprint density at radius 2 is 1.70 bits per heavy atom. The van der Waals surface area contributed by atoms with Crippen LogP contribution in [0.5, 0.6) is 11.6 Å². The van der Waals surface area contributed by atoms with Crippen molar-refractivity contribution in [3.8, 4) is 11.6 Å². The van der Waals surface area contributed by atoms with E-state index >= 15 is 0 Å². The molecule has 4 rings (SSSR count). The van der Waals surface area contributed by atoms with E-state index in [9.17, 15) is 14.8 Å². The minimum Gasteiger partial charge on any atom is -0.493 e. The topological polar surface area (TPSA) is 92.9 Å². The quantitative estimate of drug-likeness (QED) is 0.435. The monoisotopic (exact) mass is 401 g/mol. The van der Waals surface area contributed by atoms with Gasteiger partial charge >= 0.3 is 0 Å². The predicted octanol–water partition coefficient (Wildman–Crippen LogP) is 4.81. The Morgan fingerprint density at radius 3 is 2.40 bits per heavy atom. The number of para-hydroxylation sites is 1. The minimum absolute atomic E-state index is 0.0578. The van der Waals surface area contributed by atoms with Gasteiger partial charge in [-0.25, -0.2) is 0 Å². The van der Waals surface area contributed by atoms with Crippen LogP contribution < -0.4 is 10.1 Å². The van der Waals surface area contributed by atoms with Crippen LogP contribution in [0.3, 0.4) is 0 Å². The van der Waals surface area contributed by atoms with Crippen molar-refractivity contribution in [3.05, 3.63) is 89.3 Å². The number of rotatable bonds is 7. The van der Waals surface area contributed by atoms with Gasteiger partial charge < -0.3 is 19.7 Å². The van der Waals surface area contributed by atoms with Crippen LogP contribution in [0.15, 0.2) is 84.0 Å². The number of nitrogens with zero attached hydrogens (tertiary/aromatic N) is 2. The van der Waals surface area contributed by atoms with Gasteiger partial charge in [0.15, 0.2) is 12.3 Å². The van der Waals surface area contributed by atoms with Crippen molar-refractivity contribution in [3.63, 3.8) is 0 Å². The van der Waals surface area contributed by atoms with E-state index in [4.69, 9.17) is 4.74 Å². The number of fused-ring (bicyclic) bond motifs is 1. The fourth-order valence-electron chi connectivity index (χ4n) is 3.28. The molecule has 1 amide bonds. The number of carbonyl (C=O) groups is 1. The molecule has 1 aromatic heterocycles. The Balaban J connectivity index is 1.56. The number of ether oxygens (including phenoxy) is 1. The van der Waals surface area contributed by atoms with Gasteiger partial charge in [0.05, 0.1) is 12.1 Å². The summed E-state index contributed by atoms with van der Waals surface area (Å²) in [5, 5.41) is 16.7. The number of anilines is 1. The lowest BCUT2D eigenvalue weighted by molar-refractivity contribution is -0.118. The number of nitroso groups, excluding NO2 is 1. The minimum atomic E-state index is -0.341. The summed E-state index contributed by atoms with van der Waals surface area (Å²) < 4.78 is 7.05. The molecule has 7 nitrogen and oxygen atoms in total. The lowest BCUT2D eigenvalue weighted by atomic mass is 10.2. The highest BCUT2D eigenvalue weighted by atomic mass is 16.5. The van der Waals surface area contributed by atoms with E-state index in [1.54, 1.807) is 34.9 Å². The van der Waals surface area contributed by atoms with Crippen LogP contribution in [-0.4, -0.2) is 22.2 Å². The van der Waals surface area contributed by atoms with E-state index in [1.165, 1.54) is 0 Å². The predicted molar refractivity (Wildman–Crippen MR) is 115 cm³/mol. The van der Waals surface area contributed by atoms with Crippen LogP contribution in [0.2, 0.25) is 0 Å². The molecule has 4 aromatic rings. The van der Waals surface area contributed by atoms with Crippen LogP contribution in [0.4, 0.5) is 11.4 Å². The summed E-state index contributed by atoms with van der Waals surface area (Å²) in [6.45, 7) is 0.233. The summed E-state index contributed by atoms with van der Waals surface area (Å²) in [6, 6.07) is 23.7. The fraction of sp³-hybridized carbons (Fsp3) is 0.0870. The average molecular weight is 401 g/mol. The van der Waals surface area contributed by atoms with E-state index < -0.39 is 0 Å². The molecule has 0 spiro atoms. The van der Waals surface area contributed by atoms with Crippen molar-refractivity contribution < 1.29 is 14.6 Å². The molecule has 0 aliphatic carbocycles. The van der Waals surface area contributed by atoms with Crippen molar-refractivity contribution in [2.45, 2.75) is 6.54 Å². The Bertz CT molecular complexity index is 1190. The van der Waals surface area contributed by atoms with E-state index in [0.717, 1.165) is 5.56 Å². The maximum atomic E-state index is 12.2. The summed E-state index contributed by atoms with van der Waals surface area (Å²) in [7, 11) is 0. The Kier molecular flexibility index (Phi) is 5.43. The molecule has 0 fully saturated rings. The standard InChI is InChI=1S/C23H19N3O4/c27-21(15-30-18-9-5-2-6-10-18)24-17-11-12-20-19(13-17)22(25-29)23(28)26(20)14-16-7-3-1-4-8-16/h1-13,28H,14-15H2,(H,24,27). The van der Waals surface area contributed by atoms with Gasteiger partial charge in [0.1, 0.15) is 5.75 Å². The van der Waals surface area contributed by atoms with Crippen LogP contribution >= 0.6 is 0 Å². The number of benzene rings is 3. The van der Waals surface area contributed by atoms with Gasteiger partial charge in [0, 0.05) is 11.1 Å². The highest BCUT2D eigenvalue weighted by Gasteiger charge is 2.18. The molecule has 0 atom stereocenters. The highest BCUT2D eigenvalue weighted by Crippen LogP contribution is 2.40. The van der Waals surface area contributed by atoms with Crippen LogP contribution in [0.1, 0.15) is 5.56 Å². The van der Waals surface area contributed by atoms with Gasteiger partial charge in [-0.15, -0.1) is 4.91 Å². The first-order chi connectivity index (χ1) is 14.7. The van der Waals surface area contributed by atoms with Crippen LogP contribution in [-0.2, 0) is 11.3 Å². The summed E-state index contributed by atoms with van der Waals surface area (Å²) in [6.07, 6.45) is 0. The SMILES string of the molecule is O=Nc1c(O)n(Cc2ccccc2)c2ccc(NC(=O)COc3ccccc3)cc12. The molecular weight excluding hydrogens is 382 g/mol. The number of nitrogens with one attached hydrogen (secondary N) is 1. The van der Waals surface area contributed by atoms with E-state index in [0.29, 0.717) is 28.9 Å². The number of hydrogen-bond acceptors (Lipinski definition) is 5. The summed E-state index contributed by atoms with van der Waals surface area (Å²) >= 11 is 0. The number of aromatic nitrogens is 1. The lowest BCUT2D eigenvalue weighted by Crippen LogP contribution is -2.20. The molecule has 0 saturated carbocycles. The molecule has 0 unspecified atom stereocenters. The van der Waals surface area contributed by atoms with Gasteiger partial charge in [-0.3, -0.25) is 4.79 Å². The Hall–Kier alpha value is -4.13. The molecule has 7 heteroatoms. The smallest absolute Gasteiger partial charge is 0.262 e. The zero-order chi connectivity index (χ0) is 20.9. The van der Waals surface area contributed by atoms with Crippen molar-refractivity contribution in [1.29, 1.82) is 0 Å². The largest absolute Gasteiger partial charge is 0.493 e. The van der Waals surface area contributed by atoms with Gasteiger partial charge in [0.2, 0.25) is 5.88 Å². The molecule has 0 saturated heterocycles. The van der Waals surface area contributed by atoms with Crippen molar-refractivity contribution >= 4 is 28.2 Å². The first kappa shape index (κ1) is 19.2. The molecule has 0 aliphatic rings. The molecule has 0 aliphatic heterocycles. The Labute approximate surface area is 172 Å². The van der Waals surface area contributed by atoms with E-state index in [1.807, 2.05) is 48.5 Å². The molecular formula is C23H19N3O4. The zero-order valence-electron chi connectivity index (χ0n) is 16.0. The molecule has 150 valence electrons. The number of aromatic hydroxyl groups is 1. The maximum Gasteiger partial charge on any atom is 0.262 e. The number of hydrogen-bond donors (Lipinski definition) is 2. The van der Waals surface area contributed by atoms with E-state index in [-0.39, 0.29) is 24.1 Å². The zero-order valence-corrected chi connectivity index (χ0v) is 16.0. The third-order valence-corrected chi connectivity index (χ3v) is 4.68. The second-order valence-corrected chi connectivity index (χ2v) is 6.72. The van der Waals surface area contributed by atoms with Crippen molar-refractivity contribution in [2.75, 3.05) is 11.9 Å². The first-order valence-corrected chi connectivity index (χ1v) is 9.36. The summed E-state index contributed by atoms with van der Waals surface area (Å²) in [5.41, 5.74) is 2.03. The third-order valence-electron chi connectivity index (χ3n) is 4.68. The highest BCUT2D eigenvalue weighted by molar-refractivity contribution is 6.00. The van der Waals surface area contributed by atoms with Crippen LogP contribution in [0, 0.1) is 4.91 Å². The normalized spacial score (nSPS) is 10.7. The van der Waals surface area contributed by atoms with Gasteiger partial charge in [-0.05, 0) is 41.1 Å². The number of carbonyl (C=O) groups excluding carboxylic acids is 1. The van der Waals surface area contributed by atoms with Gasteiger partial charge in [-0.2, -0.15) is 0 Å². The third kappa shape index (κ3) is 4.00. The van der Waals surface area contributed by atoms with Crippen molar-refractivity contribution in [1.82, 2.24) is 4.57 Å². The average Bonchev–Trinajstić information content (AvgIpc) is 3.04. The maximum absolute atomic E-state index is 12.2. The molecule has 0 radical (unpaired) electrons. The van der Waals surface area contributed by atoms with E-state index in [2.05, 4.69) is 10.5 Å². The molecule has 2 N–H and O–H groups in total. The number of amides is 1. The second kappa shape index (κ2) is 8.48. The summed E-state index contributed by atoms with van der Waals surface area (Å²) in [5.74, 6) is 0.0462. The summed E-state index contributed by atoms with van der Waals surface area (Å²) in [4.78, 5) is 23.6. The lowest BCUT2D eigenvalue weighted by Gasteiger charge is -2.09. The molecule has 3 aromatic carbocycles. The molecule has 0 bridgehead atoms. The van der Waals surface area contributed by atoms with Gasteiger partial charge in [-0.1, -0.05) is 48.5 Å². The molecule has 30 heavy (non-hydrogen) atoms. The second-order valence-electron chi connectivity index (χ2n) is 6.72. The van der Waals surface area contributed by atoms with Gasteiger partial charge in [0.25, 0.3) is 5.91 Å². The van der Waals surface area contributed by atoms with Crippen LogP contribution in [0.25, 0.3) is 10.9 Å².